The average Bonchev–Trinajstić information content (AvgIpc) is 3.02. The number of hydrogen-bond donors (Lipinski definition) is 1. The fraction of sp³-hybridized carbons (Fsp3) is 0.474. The number of halogens is 2. The molecule has 2 aromatic rings. The van der Waals surface area contributed by atoms with Crippen molar-refractivity contribution in [3.63, 3.8) is 0 Å². The summed E-state index contributed by atoms with van der Waals surface area (Å²) in [5.41, 5.74) is 0.371. The zero-order valence-corrected chi connectivity index (χ0v) is 19.5. The number of nitrogens with zero attached hydrogens (tertiary/aromatic N) is 3. The van der Waals surface area contributed by atoms with Crippen LogP contribution in [0.5, 0.6) is 0 Å². The number of morpholine rings is 1. The fourth-order valence-electron chi connectivity index (χ4n) is 3.11. The van der Waals surface area contributed by atoms with Gasteiger partial charge in [-0.2, -0.15) is 9.40 Å². The van der Waals surface area contributed by atoms with Gasteiger partial charge >= 0.3 is 0 Å². The van der Waals surface area contributed by atoms with Gasteiger partial charge in [-0.3, -0.25) is 4.79 Å². The number of sulfonamides is 1. The van der Waals surface area contributed by atoms with E-state index in [1.165, 1.54) is 16.4 Å². The van der Waals surface area contributed by atoms with Crippen LogP contribution in [0, 0.1) is 6.92 Å². The second-order valence-electron chi connectivity index (χ2n) is 7.99. The topological polar surface area (TPSA) is 93.5 Å². The van der Waals surface area contributed by atoms with Crippen molar-refractivity contribution in [3.8, 4) is 0 Å². The van der Waals surface area contributed by atoms with Gasteiger partial charge in [0.25, 0.3) is 5.91 Å². The first kappa shape index (κ1) is 23.0. The molecular formula is C19H24Cl2N4O4S. The van der Waals surface area contributed by atoms with E-state index < -0.39 is 15.9 Å². The second kappa shape index (κ2) is 8.47. The van der Waals surface area contributed by atoms with Gasteiger partial charge < -0.3 is 10.1 Å². The molecule has 1 aromatic heterocycles. The first-order valence-corrected chi connectivity index (χ1v) is 11.6. The number of benzene rings is 1. The van der Waals surface area contributed by atoms with Crippen molar-refractivity contribution in [2.24, 2.45) is 0 Å². The van der Waals surface area contributed by atoms with Gasteiger partial charge in [-0.05, 0) is 39.8 Å². The third-order valence-electron chi connectivity index (χ3n) is 4.56. The van der Waals surface area contributed by atoms with E-state index in [1.54, 1.807) is 10.7 Å². The van der Waals surface area contributed by atoms with Crippen LogP contribution in [-0.2, 0) is 20.3 Å². The van der Waals surface area contributed by atoms with Gasteiger partial charge in [0.05, 0.1) is 40.1 Å². The quantitative estimate of drug-likeness (QED) is 0.731. The standard InChI is InChI=1S/C19H24Cl2N4O4S/c1-12-9-17(25(23-12)19(2,3)4)22-18(26)13-10-16(15(21)11-14(13)20)30(27,28)24-5-7-29-8-6-24/h9-11H,5-8H2,1-4H3,(H,22,26). The molecule has 1 aliphatic heterocycles. The Morgan fingerprint density at radius 2 is 1.77 bits per heavy atom. The molecule has 1 saturated heterocycles. The molecule has 30 heavy (non-hydrogen) atoms. The number of carbonyl (C=O) groups excluding carboxylic acids is 1. The van der Waals surface area contributed by atoms with Crippen molar-refractivity contribution in [2.45, 2.75) is 38.1 Å². The average molecular weight is 475 g/mol. The van der Waals surface area contributed by atoms with Gasteiger partial charge in [-0.15, -0.1) is 0 Å². The molecule has 0 saturated carbocycles. The van der Waals surface area contributed by atoms with Crippen LogP contribution >= 0.6 is 23.2 Å². The van der Waals surface area contributed by atoms with Gasteiger partial charge in [0, 0.05) is 19.2 Å². The molecule has 1 aliphatic rings. The number of amides is 1. The SMILES string of the molecule is Cc1cc(NC(=O)c2cc(S(=O)(=O)N3CCOCC3)c(Cl)cc2Cl)n(C(C)(C)C)n1. The summed E-state index contributed by atoms with van der Waals surface area (Å²) < 4.78 is 34.3. The second-order valence-corrected chi connectivity index (χ2v) is 10.7. The largest absolute Gasteiger partial charge is 0.379 e. The molecule has 0 unspecified atom stereocenters. The number of carbonyl (C=O) groups is 1. The van der Waals surface area contributed by atoms with E-state index in [0.717, 1.165) is 5.69 Å². The van der Waals surface area contributed by atoms with Gasteiger partial charge in [-0.1, -0.05) is 23.2 Å². The lowest BCUT2D eigenvalue weighted by atomic mass is 10.1. The molecule has 0 atom stereocenters. The summed E-state index contributed by atoms with van der Waals surface area (Å²) in [6.45, 7) is 8.72. The minimum atomic E-state index is -3.90. The Bertz CT molecular complexity index is 1070. The van der Waals surface area contributed by atoms with Crippen LogP contribution in [0.25, 0.3) is 0 Å². The van der Waals surface area contributed by atoms with E-state index in [0.29, 0.717) is 19.0 Å². The molecule has 8 nitrogen and oxygen atoms in total. The van der Waals surface area contributed by atoms with Gasteiger partial charge in [-0.25, -0.2) is 13.1 Å². The number of anilines is 1. The monoisotopic (exact) mass is 474 g/mol. The summed E-state index contributed by atoms with van der Waals surface area (Å²) in [5, 5.41) is 7.20. The Morgan fingerprint density at radius 1 is 1.13 bits per heavy atom. The highest BCUT2D eigenvalue weighted by atomic mass is 35.5. The normalized spacial score (nSPS) is 15.9. The molecule has 2 heterocycles. The van der Waals surface area contributed by atoms with Crippen molar-refractivity contribution < 1.29 is 17.9 Å². The van der Waals surface area contributed by atoms with Crippen molar-refractivity contribution in [1.29, 1.82) is 0 Å². The van der Waals surface area contributed by atoms with Crippen LogP contribution in [0.2, 0.25) is 10.0 Å². The smallest absolute Gasteiger partial charge is 0.258 e. The summed E-state index contributed by atoms with van der Waals surface area (Å²) in [4.78, 5) is 12.8. The molecule has 0 radical (unpaired) electrons. The Hall–Kier alpha value is -1.65. The number of aromatic nitrogens is 2. The lowest BCUT2D eigenvalue weighted by Gasteiger charge is -2.26. The lowest BCUT2D eigenvalue weighted by Crippen LogP contribution is -2.40. The number of rotatable bonds is 4. The summed E-state index contributed by atoms with van der Waals surface area (Å²) in [5.74, 6) is -0.0749. The van der Waals surface area contributed by atoms with Crippen LogP contribution < -0.4 is 5.32 Å². The van der Waals surface area contributed by atoms with Crippen LogP contribution in [0.15, 0.2) is 23.1 Å². The maximum atomic E-state index is 13.0. The summed E-state index contributed by atoms with van der Waals surface area (Å²) in [6.07, 6.45) is 0. The van der Waals surface area contributed by atoms with E-state index in [2.05, 4.69) is 10.4 Å². The minimum Gasteiger partial charge on any atom is -0.379 e. The third kappa shape index (κ3) is 4.65. The van der Waals surface area contributed by atoms with Gasteiger partial charge in [0.1, 0.15) is 10.7 Å². The number of ether oxygens (including phenoxy) is 1. The van der Waals surface area contributed by atoms with Crippen molar-refractivity contribution in [2.75, 3.05) is 31.6 Å². The number of aryl methyl sites for hydroxylation is 1. The molecule has 1 amide bonds. The predicted molar refractivity (Wildman–Crippen MR) is 116 cm³/mol. The Labute approximate surface area is 186 Å². The maximum absolute atomic E-state index is 13.0. The van der Waals surface area contributed by atoms with Crippen LogP contribution in [-0.4, -0.2) is 54.7 Å². The highest BCUT2D eigenvalue weighted by molar-refractivity contribution is 7.89. The van der Waals surface area contributed by atoms with Gasteiger partial charge in [0.2, 0.25) is 10.0 Å². The zero-order valence-electron chi connectivity index (χ0n) is 17.2. The highest BCUT2D eigenvalue weighted by Crippen LogP contribution is 2.32. The number of nitrogens with one attached hydrogen (secondary N) is 1. The van der Waals surface area contributed by atoms with E-state index >= 15 is 0 Å². The van der Waals surface area contributed by atoms with Crippen molar-refractivity contribution in [3.05, 3.63) is 39.5 Å². The molecule has 11 heteroatoms. The molecule has 1 fully saturated rings. The first-order valence-electron chi connectivity index (χ1n) is 9.36. The summed E-state index contributed by atoms with van der Waals surface area (Å²) >= 11 is 12.4. The summed E-state index contributed by atoms with van der Waals surface area (Å²) in [6, 6.07) is 4.23. The first-order chi connectivity index (χ1) is 13.9. The fourth-order valence-corrected chi connectivity index (χ4v) is 5.35. The zero-order chi connectivity index (χ0) is 22.3. The third-order valence-corrected chi connectivity index (χ3v) is 7.24. The van der Waals surface area contributed by atoms with Crippen molar-refractivity contribution >= 4 is 45.0 Å². The molecule has 3 rings (SSSR count). The van der Waals surface area contributed by atoms with Crippen LogP contribution in [0.4, 0.5) is 5.82 Å². The minimum absolute atomic E-state index is 0.00668. The van der Waals surface area contributed by atoms with E-state index in [4.69, 9.17) is 27.9 Å². The van der Waals surface area contributed by atoms with Gasteiger partial charge in [0.15, 0.2) is 0 Å². The van der Waals surface area contributed by atoms with E-state index in [1.807, 2.05) is 27.7 Å². The Morgan fingerprint density at radius 3 is 2.37 bits per heavy atom. The Balaban J connectivity index is 1.97. The van der Waals surface area contributed by atoms with E-state index in [9.17, 15) is 13.2 Å². The molecule has 0 spiro atoms. The highest BCUT2D eigenvalue weighted by Gasteiger charge is 2.30. The van der Waals surface area contributed by atoms with E-state index in [-0.39, 0.29) is 39.1 Å². The molecule has 164 valence electrons. The lowest BCUT2D eigenvalue weighted by molar-refractivity contribution is 0.0730. The molecule has 0 bridgehead atoms. The van der Waals surface area contributed by atoms with Crippen molar-refractivity contribution in [1.82, 2.24) is 14.1 Å². The Kier molecular flexibility index (Phi) is 6.50. The molecule has 1 aromatic carbocycles. The maximum Gasteiger partial charge on any atom is 0.258 e. The predicted octanol–water partition coefficient (Wildman–Crippen LogP) is 3.53. The van der Waals surface area contributed by atoms with Crippen LogP contribution in [0.1, 0.15) is 36.8 Å². The molecular weight excluding hydrogens is 451 g/mol. The van der Waals surface area contributed by atoms with Crippen LogP contribution in [0.3, 0.4) is 0 Å². The summed E-state index contributed by atoms with van der Waals surface area (Å²) in [7, 11) is -3.90. The molecule has 0 aliphatic carbocycles. The molecule has 1 N–H and O–H groups in total. The number of hydrogen-bond acceptors (Lipinski definition) is 5.